The Morgan fingerprint density at radius 1 is 1.50 bits per heavy atom. The Labute approximate surface area is 92.4 Å². The Morgan fingerprint density at radius 2 is 2.21 bits per heavy atom. The summed E-state index contributed by atoms with van der Waals surface area (Å²) in [5, 5.41) is 0.330. The van der Waals surface area contributed by atoms with E-state index in [9.17, 15) is 4.79 Å². The van der Waals surface area contributed by atoms with Gasteiger partial charge in [0.15, 0.2) is 5.78 Å². The van der Waals surface area contributed by atoms with Crippen LogP contribution in [0.4, 0.5) is 0 Å². The Bertz CT molecular complexity index is 334. The van der Waals surface area contributed by atoms with Gasteiger partial charge in [0, 0.05) is 0 Å². The summed E-state index contributed by atoms with van der Waals surface area (Å²) in [5.41, 5.74) is 1.72. The molecule has 0 fully saturated rings. The highest BCUT2D eigenvalue weighted by Crippen LogP contribution is 2.21. The molecular weight excluding hydrogens is 244 g/mol. The molecule has 3 heteroatoms. The van der Waals surface area contributed by atoms with E-state index in [0.29, 0.717) is 23.2 Å². The van der Waals surface area contributed by atoms with Gasteiger partial charge in [-0.2, -0.15) is 0 Å². The molecule has 0 radical (unpaired) electrons. The number of Topliss-reactive ketones (excluding diaryl/α,β-unsaturated/α-hetero) is 1. The Hall–Kier alpha value is -0.830. The van der Waals surface area contributed by atoms with Crippen molar-refractivity contribution in [2.45, 2.75) is 13.8 Å². The number of ether oxygens (including phenoxy) is 1. The van der Waals surface area contributed by atoms with E-state index in [2.05, 4.69) is 15.9 Å². The van der Waals surface area contributed by atoms with Crippen LogP contribution in [0.25, 0.3) is 0 Å². The standard InChI is InChI=1S/C11H13BrO2/c1-3-14-11-5-4-8(2)6-9(11)10(13)7-12/h4-6H,3,7H2,1-2H3. The van der Waals surface area contributed by atoms with Crippen molar-refractivity contribution in [3.05, 3.63) is 29.3 Å². The van der Waals surface area contributed by atoms with Crippen molar-refractivity contribution in [1.29, 1.82) is 0 Å². The van der Waals surface area contributed by atoms with Crippen molar-refractivity contribution < 1.29 is 9.53 Å². The number of hydrogen-bond acceptors (Lipinski definition) is 2. The molecule has 1 aromatic carbocycles. The number of rotatable bonds is 4. The molecule has 0 aliphatic heterocycles. The molecular formula is C11H13BrO2. The number of ketones is 1. The summed E-state index contributed by atoms with van der Waals surface area (Å²) < 4.78 is 5.37. The van der Waals surface area contributed by atoms with Gasteiger partial charge in [-0.3, -0.25) is 4.79 Å². The molecule has 1 rings (SSSR count). The van der Waals surface area contributed by atoms with Crippen molar-refractivity contribution in [2.75, 3.05) is 11.9 Å². The minimum atomic E-state index is 0.0529. The van der Waals surface area contributed by atoms with Gasteiger partial charge in [0.25, 0.3) is 0 Å². The van der Waals surface area contributed by atoms with Crippen LogP contribution in [0.15, 0.2) is 18.2 Å². The highest BCUT2D eigenvalue weighted by atomic mass is 79.9. The maximum Gasteiger partial charge on any atom is 0.177 e. The summed E-state index contributed by atoms with van der Waals surface area (Å²) in [5.74, 6) is 0.722. The predicted octanol–water partition coefficient (Wildman–Crippen LogP) is 2.97. The Kier molecular flexibility index (Phi) is 4.14. The van der Waals surface area contributed by atoms with Crippen LogP contribution < -0.4 is 4.74 Å². The first-order chi connectivity index (χ1) is 6.69. The van der Waals surface area contributed by atoms with Gasteiger partial charge in [0.1, 0.15) is 5.75 Å². The van der Waals surface area contributed by atoms with Gasteiger partial charge in [-0.25, -0.2) is 0 Å². The first-order valence-corrected chi connectivity index (χ1v) is 5.63. The molecule has 0 aliphatic rings. The zero-order valence-electron chi connectivity index (χ0n) is 8.34. The number of alkyl halides is 1. The van der Waals surface area contributed by atoms with Crippen LogP contribution in [0.3, 0.4) is 0 Å². The van der Waals surface area contributed by atoms with Gasteiger partial charge in [-0.15, -0.1) is 0 Å². The molecule has 0 saturated heterocycles. The van der Waals surface area contributed by atoms with E-state index in [1.807, 2.05) is 32.0 Å². The number of carbonyl (C=O) groups excluding carboxylic acids is 1. The third kappa shape index (κ3) is 2.58. The van der Waals surface area contributed by atoms with Gasteiger partial charge in [-0.1, -0.05) is 27.6 Å². The van der Waals surface area contributed by atoms with Crippen molar-refractivity contribution in [1.82, 2.24) is 0 Å². The highest BCUT2D eigenvalue weighted by Gasteiger charge is 2.10. The second kappa shape index (κ2) is 5.15. The lowest BCUT2D eigenvalue weighted by Gasteiger charge is -2.08. The predicted molar refractivity (Wildman–Crippen MR) is 60.5 cm³/mol. The fourth-order valence-corrected chi connectivity index (χ4v) is 1.52. The molecule has 1 aromatic rings. The number of hydrogen-bond donors (Lipinski definition) is 0. The summed E-state index contributed by atoms with van der Waals surface area (Å²) in [6.45, 7) is 4.44. The lowest BCUT2D eigenvalue weighted by molar-refractivity contribution is 0.102. The van der Waals surface area contributed by atoms with E-state index in [1.165, 1.54) is 0 Å². The van der Waals surface area contributed by atoms with Crippen LogP contribution in [0.1, 0.15) is 22.8 Å². The summed E-state index contributed by atoms with van der Waals surface area (Å²) in [4.78, 5) is 11.5. The fourth-order valence-electron chi connectivity index (χ4n) is 1.22. The zero-order valence-corrected chi connectivity index (χ0v) is 9.93. The van der Waals surface area contributed by atoms with Crippen molar-refractivity contribution >= 4 is 21.7 Å². The van der Waals surface area contributed by atoms with Crippen molar-refractivity contribution in [3.63, 3.8) is 0 Å². The lowest BCUT2D eigenvalue weighted by Crippen LogP contribution is -2.05. The molecule has 0 atom stereocenters. The zero-order chi connectivity index (χ0) is 10.6. The molecule has 2 nitrogen and oxygen atoms in total. The van der Waals surface area contributed by atoms with Gasteiger partial charge in [0.2, 0.25) is 0 Å². The largest absolute Gasteiger partial charge is 0.493 e. The molecule has 0 heterocycles. The highest BCUT2D eigenvalue weighted by molar-refractivity contribution is 9.09. The number of carbonyl (C=O) groups is 1. The molecule has 0 spiro atoms. The average Bonchev–Trinajstić information content (AvgIpc) is 2.20. The average molecular weight is 257 g/mol. The summed E-state index contributed by atoms with van der Waals surface area (Å²) in [6.07, 6.45) is 0. The van der Waals surface area contributed by atoms with Crippen LogP contribution in [0, 0.1) is 6.92 Å². The Morgan fingerprint density at radius 3 is 2.79 bits per heavy atom. The summed E-state index contributed by atoms with van der Waals surface area (Å²) in [6, 6.07) is 5.64. The normalized spacial score (nSPS) is 9.93. The van der Waals surface area contributed by atoms with Crippen LogP contribution in [0.2, 0.25) is 0 Å². The number of benzene rings is 1. The molecule has 14 heavy (non-hydrogen) atoms. The van der Waals surface area contributed by atoms with E-state index >= 15 is 0 Å². The fraction of sp³-hybridized carbons (Fsp3) is 0.364. The second-order valence-electron chi connectivity index (χ2n) is 2.99. The van der Waals surface area contributed by atoms with E-state index in [1.54, 1.807) is 0 Å². The van der Waals surface area contributed by atoms with Crippen LogP contribution in [0.5, 0.6) is 5.75 Å². The summed E-state index contributed by atoms with van der Waals surface area (Å²) in [7, 11) is 0. The molecule has 0 N–H and O–H groups in total. The van der Waals surface area contributed by atoms with E-state index in [-0.39, 0.29) is 5.78 Å². The maximum atomic E-state index is 11.5. The third-order valence-electron chi connectivity index (χ3n) is 1.86. The number of halogens is 1. The van der Waals surface area contributed by atoms with Gasteiger partial charge >= 0.3 is 0 Å². The second-order valence-corrected chi connectivity index (χ2v) is 3.55. The van der Waals surface area contributed by atoms with Crippen molar-refractivity contribution in [2.24, 2.45) is 0 Å². The minimum absolute atomic E-state index is 0.0529. The molecule has 0 aliphatic carbocycles. The molecule has 76 valence electrons. The lowest BCUT2D eigenvalue weighted by atomic mass is 10.1. The third-order valence-corrected chi connectivity index (χ3v) is 2.37. The SMILES string of the molecule is CCOc1ccc(C)cc1C(=O)CBr. The van der Waals surface area contributed by atoms with E-state index in [4.69, 9.17) is 4.74 Å². The maximum absolute atomic E-state index is 11.5. The molecule has 0 bridgehead atoms. The van der Waals surface area contributed by atoms with Gasteiger partial charge in [0.05, 0.1) is 17.5 Å². The first-order valence-electron chi connectivity index (χ1n) is 4.51. The quantitative estimate of drug-likeness (QED) is 0.612. The van der Waals surface area contributed by atoms with E-state index in [0.717, 1.165) is 5.56 Å². The van der Waals surface area contributed by atoms with Crippen LogP contribution in [-0.4, -0.2) is 17.7 Å². The van der Waals surface area contributed by atoms with Crippen LogP contribution in [-0.2, 0) is 0 Å². The molecule has 0 aromatic heterocycles. The summed E-state index contributed by atoms with van der Waals surface area (Å²) >= 11 is 3.16. The topological polar surface area (TPSA) is 26.3 Å². The molecule has 0 unspecified atom stereocenters. The Balaban J connectivity index is 3.08. The van der Waals surface area contributed by atoms with Gasteiger partial charge in [-0.05, 0) is 26.0 Å². The monoisotopic (exact) mass is 256 g/mol. The molecule has 0 amide bonds. The van der Waals surface area contributed by atoms with E-state index < -0.39 is 0 Å². The van der Waals surface area contributed by atoms with Crippen molar-refractivity contribution in [3.8, 4) is 5.75 Å². The molecule has 0 saturated carbocycles. The smallest absolute Gasteiger partial charge is 0.177 e. The van der Waals surface area contributed by atoms with Crippen LogP contribution >= 0.6 is 15.9 Å². The van der Waals surface area contributed by atoms with Gasteiger partial charge < -0.3 is 4.74 Å². The first kappa shape index (κ1) is 11.2. The minimum Gasteiger partial charge on any atom is -0.493 e. The number of aryl methyl sites for hydroxylation is 1.